The van der Waals surface area contributed by atoms with Crippen molar-refractivity contribution < 1.29 is 200 Å². The minimum atomic E-state index is -2.01. The molecule has 144 heavy (non-hydrogen) atoms. The third-order valence-electron chi connectivity index (χ3n) is 22.9. The minimum Gasteiger partial charge on any atom is -0.480 e. The fraction of sp³-hybridized carbons (Fsp3) is 0.747. The number of carbonyl (C=O) groups excluding carboxylic acids is 19. The Morgan fingerprint density at radius 3 is 0.944 bits per heavy atom. The molecule has 61 nitrogen and oxygen atoms in total. The van der Waals surface area contributed by atoms with Crippen LogP contribution in [0.5, 0.6) is 0 Å². The molecule has 4 saturated heterocycles. The van der Waals surface area contributed by atoms with Crippen LogP contribution >= 0.6 is 0 Å². The van der Waals surface area contributed by atoms with E-state index in [4.69, 9.17) is 60.8 Å². The second-order valence-corrected chi connectivity index (χ2v) is 34.7. The molecule has 33 unspecified atom stereocenters. The first-order chi connectivity index (χ1) is 67.4. The number of carboxylic acids is 2. The standard InChI is InChI=1S/C83H138N20O41/c1-30(70(123)94-34(5)78(131)132)92-76(129)44(99-51(112)20-18-42(68(86)121)101-71(124)31(2)90-74(127)35(6)137-65-57(97-39(10)110)80(135)139-49(28-106)63(65)143-82-55(95-37(8)108)61(118)59(116)47(26-104)141-82)17-13-15-23-89-54(115)25-46(79(133)134)103-73(126)33(4)93-77(130)45(16-12-14-22-88-53(114)24-41(84)67(85)120)100-52(113)21-19-43(69(87)122)102-72(125)32(3)91-75(128)36(7)138-66-58(98-40(11)111)81(136)140-50(29-107)64(66)144-83-56(96-38(9)109)62(119)60(117)48(27-105)142-83/h30-36,41-50,55-66,80-83,104-107,116-119,135-136H,12-29,84H2,1-11H3,(H2,85,120)(H2,86,121)(H2,87,122)(H,88,114)(H,89,115)(H,90,127)(H,91,128)(H,92,129)(H,93,130)(H,94,123)(H,95,108)(H,96,109)(H,97,110)(H,98,111)(H,99,112)(H,100,113)(H,101,124)(H,102,125)(H,103,126)(H,131,132)(H,133,134). The summed E-state index contributed by atoms with van der Waals surface area (Å²) in [5.41, 5.74) is 22.0. The zero-order valence-corrected chi connectivity index (χ0v) is 80.8. The highest BCUT2D eigenvalue weighted by Gasteiger charge is 2.56. The number of hydrogen-bond donors (Lipinski definition) is 32. The Balaban J connectivity index is 1.42. The molecule has 0 aromatic heterocycles. The van der Waals surface area contributed by atoms with Crippen molar-refractivity contribution in [3.8, 4) is 0 Å². The van der Waals surface area contributed by atoms with E-state index in [9.17, 15) is 162 Å². The predicted molar refractivity (Wildman–Crippen MR) is 480 cm³/mol. The van der Waals surface area contributed by atoms with Crippen molar-refractivity contribution in [2.45, 2.75) is 354 Å². The lowest BCUT2D eigenvalue weighted by molar-refractivity contribution is -0.333. The van der Waals surface area contributed by atoms with Gasteiger partial charge in [-0.2, -0.15) is 0 Å². The number of carbonyl (C=O) groups is 21. The first-order valence-corrected chi connectivity index (χ1v) is 45.9. The molecule has 4 heterocycles. The number of rotatable bonds is 59. The van der Waals surface area contributed by atoms with Gasteiger partial charge in [-0.3, -0.25) is 95.9 Å². The summed E-state index contributed by atoms with van der Waals surface area (Å²) in [6, 6.07) is -24.0. The summed E-state index contributed by atoms with van der Waals surface area (Å²) in [7, 11) is 0. The lowest BCUT2D eigenvalue weighted by Crippen LogP contribution is -2.70. The molecular formula is C83H138N20O41. The van der Waals surface area contributed by atoms with Gasteiger partial charge in [0.25, 0.3) is 0 Å². The highest BCUT2D eigenvalue weighted by atomic mass is 16.7. The Labute approximate surface area is 823 Å². The fourth-order valence-electron chi connectivity index (χ4n) is 14.9. The molecule has 0 spiro atoms. The number of aliphatic hydroxyl groups is 10. The van der Waals surface area contributed by atoms with E-state index in [2.05, 4.69) is 85.1 Å². The topological polar surface area (TPSA) is 972 Å². The van der Waals surface area contributed by atoms with Crippen LogP contribution in [0.1, 0.15) is 153 Å². The average molecular weight is 2070 g/mol. The number of unbranched alkanes of at least 4 members (excludes halogenated alkanes) is 2. The third kappa shape index (κ3) is 39.6. The van der Waals surface area contributed by atoms with E-state index < -0.39 is 390 Å². The van der Waals surface area contributed by atoms with Crippen LogP contribution in [-0.4, -0.2) is 426 Å². The molecule has 0 saturated carbocycles. The first-order valence-electron chi connectivity index (χ1n) is 45.9. The van der Waals surface area contributed by atoms with E-state index in [1.165, 1.54) is 6.92 Å². The van der Waals surface area contributed by atoms with Crippen molar-refractivity contribution in [2.75, 3.05) is 39.5 Å². The summed E-state index contributed by atoms with van der Waals surface area (Å²) in [6.45, 7) is 8.01. The second kappa shape index (κ2) is 60.1. The van der Waals surface area contributed by atoms with Gasteiger partial charge in [-0.1, -0.05) is 0 Å². The normalized spacial score (nSPS) is 26.7. The number of aliphatic carboxylic acids is 2. The van der Waals surface area contributed by atoms with Crippen LogP contribution in [0.25, 0.3) is 0 Å². The Morgan fingerprint density at radius 2 is 0.632 bits per heavy atom. The van der Waals surface area contributed by atoms with Crippen LogP contribution < -0.4 is 108 Å². The SMILES string of the molecule is CC(=O)NC1C(OC2C(CO)OC(O)C(NC(C)=O)C2OC(C)C(=O)NC(C)C(=O)NC(CCC(=O)NC(CCCCNC(=O)CC(NC(=O)C(C)NC(=O)C(CCCCNC(=O)CC(N)C(N)=O)NC(=O)CCC(NC(=O)C(C)NC(=O)C(C)OC2C(NC(C)=O)C(O)OC(CO)C2OC2OC(CO)C(O)C(O)C2NC(C)=O)C(N)=O)C(=O)O)C(=O)NC(C)C(=O)NC(C)C(=O)O)C(N)=O)OC(CO)C(O)C1O. The first kappa shape index (κ1) is 124. The molecule has 61 heteroatoms. The molecule has 36 N–H and O–H groups in total. The van der Waals surface area contributed by atoms with Crippen molar-refractivity contribution in [3.63, 3.8) is 0 Å². The van der Waals surface area contributed by atoms with Gasteiger partial charge >= 0.3 is 11.9 Å². The lowest BCUT2D eigenvalue weighted by Gasteiger charge is -2.48. The summed E-state index contributed by atoms with van der Waals surface area (Å²) in [5.74, 6) is -22.1. The number of aliphatic hydroxyl groups excluding tert-OH is 10. The average Bonchev–Trinajstić information content (AvgIpc) is 0.774. The Hall–Kier alpha value is -11.9. The largest absolute Gasteiger partial charge is 0.480 e. The van der Waals surface area contributed by atoms with Gasteiger partial charge in [-0.25, -0.2) is 4.79 Å². The second-order valence-electron chi connectivity index (χ2n) is 34.7. The van der Waals surface area contributed by atoms with E-state index in [0.29, 0.717) is 0 Å². The Bertz CT molecular complexity index is 4420. The van der Waals surface area contributed by atoms with Gasteiger partial charge in [0.1, 0.15) is 170 Å². The molecular weight excluding hydrogens is 1930 g/mol. The van der Waals surface area contributed by atoms with E-state index in [0.717, 1.165) is 69.2 Å². The van der Waals surface area contributed by atoms with Gasteiger partial charge in [-0.15, -0.1) is 0 Å². The predicted octanol–water partition coefficient (Wildman–Crippen LogP) is -17.6. The smallest absolute Gasteiger partial charge is 0.326 e. The number of nitrogens with two attached hydrogens (primary N) is 4. The molecule has 4 aliphatic heterocycles. The zero-order valence-electron chi connectivity index (χ0n) is 80.8. The summed E-state index contributed by atoms with van der Waals surface area (Å²) < 4.78 is 46.7. The van der Waals surface area contributed by atoms with Crippen LogP contribution in [0, 0.1) is 0 Å². The van der Waals surface area contributed by atoms with Crippen molar-refractivity contribution in [2.24, 2.45) is 22.9 Å². The molecule has 19 amide bonds. The van der Waals surface area contributed by atoms with Gasteiger partial charge in [0.2, 0.25) is 112 Å². The Kier molecular flexibility index (Phi) is 52.0. The monoisotopic (exact) mass is 2070 g/mol. The summed E-state index contributed by atoms with van der Waals surface area (Å²) in [4.78, 5) is 274. The van der Waals surface area contributed by atoms with Crippen LogP contribution in [0.4, 0.5) is 0 Å². The lowest BCUT2D eigenvalue weighted by atomic mass is 9.94. The molecule has 33 atom stereocenters. The van der Waals surface area contributed by atoms with E-state index in [1.54, 1.807) is 0 Å². The minimum absolute atomic E-state index is 0.00909. The van der Waals surface area contributed by atoms with E-state index in [1.807, 2.05) is 0 Å². The number of amides is 19. The maximum atomic E-state index is 14.1. The number of hydrogen-bond acceptors (Lipinski definition) is 40. The van der Waals surface area contributed by atoms with Gasteiger partial charge in [0.05, 0.1) is 45.3 Å². The highest BCUT2D eigenvalue weighted by molar-refractivity contribution is 5.97. The van der Waals surface area contributed by atoms with Gasteiger partial charge in [0.15, 0.2) is 25.2 Å². The molecule has 0 radical (unpaired) electrons. The van der Waals surface area contributed by atoms with E-state index >= 15 is 0 Å². The summed E-state index contributed by atoms with van der Waals surface area (Å²) in [5, 5.41) is 163. The van der Waals surface area contributed by atoms with Crippen LogP contribution in [0.15, 0.2) is 0 Å². The number of nitrogens with one attached hydrogen (secondary N) is 16. The molecule has 4 rings (SSSR count). The molecule has 816 valence electrons. The number of primary amides is 3. The summed E-state index contributed by atoms with van der Waals surface area (Å²) >= 11 is 0. The highest BCUT2D eigenvalue weighted by Crippen LogP contribution is 2.34. The molecule has 0 aromatic carbocycles. The van der Waals surface area contributed by atoms with Crippen molar-refractivity contribution in [3.05, 3.63) is 0 Å². The van der Waals surface area contributed by atoms with Gasteiger partial charge in [-0.05, 0) is 99.8 Å². The number of ether oxygens (including phenoxy) is 8. The van der Waals surface area contributed by atoms with Gasteiger partial charge in [0, 0.05) is 53.6 Å². The van der Waals surface area contributed by atoms with Gasteiger partial charge < -0.3 is 207 Å². The van der Waals surface area contributed by atoms with Crippen LogP contribution in [0.3, 0.4) is 0 Å². The van der Waals surface area contributed by atoms with Crippen molar-refractivity contribution in [1.29, 1.82) is 0 Å². The fourth-order valence-corrected chi connectivity index (χ4v) is 14.9. The molecule has 4 fully saturated rings. The Morgan fingerprint density at radius 1 is 0.319 bits per heavy atom. The molecule has 4 aliphatic rings. The van der Waals surface area contributed by atoms with E-state index in [-0.39, 0.29) is 51.6 Å². The number of carboxylic acid groups (broad SMARTS) is 2. The van der Waals surface area contributed by atoms with Crippen LogP contribution in [-0.2, 0) is 139 Å². The molecule has 0 aliphatic carbocycles. The molecule has 0 bridgehead atoms. The van der Waals surface area contributed by atoms with Crippen molar-refractivity contribution >= 4 is 124 Å². The maximum Gasteiger partial charge on any atom is 0.326 e. The maximum absolute atomic E-state index is 14.1. The molecule has 0 aromatic rings. The van der Waals surface area contributed by atoms with Crippen LogP contribution in [0.2, 0.25) is 0 Å². The third-order valence-corrected chi connectivity index (χ3v) is 22.9. The van der Waals surface area contributed by atoms with Crippen molar-refractivity contribution in [1.82, 2.24) is 85.1 Å². The zero-order chi connectivity index (χ0) is 109. The summed E-state index contributed by atoms with van der Waals surface area (Å²) in [6.07, 6.45) is -36.0. The quantitative estimate of drug-likeness (QED) is 0.0251.